The number of benzene rings is 1. The first-order valence-corrected chi connectivity index (χ1v) is 3.87. The molecule has 1 aliphatic heterocycles. The molecule has 1 nitrogen and oxygen atoms in total. The number of halogens is 2. The van der Waals surface area contributed by atoms with E-state index in [0.29, 0.717) is 12.1 Å². The summed E-state index contributed by atoms with van der Waals surface area (Å²) in [5.41, 5.74) is 0.873. The number of alkyl halides is 2. The summed E-state index contributed by atoms with van der Waals surface area (Å²) in [7, 11) is 0. The second-order valence-electron chi connectivity index (χ2n) is 2.97. The van der Waals surface area contributed by atoms with Crippen molar-refractivity contribution in [2.75, 3.05) is 6.54 Å². The van der Waals surface area contributed by atoms with Crippen molar-refractivity contribution in [3.05, 3.63) is 35.4 Å². The summed E-state index contributed by atoms with van der Waals surface area (Å²) in [5, 5.41) is 2.68. The Morgan fingerprint density at radius 3 is 2.75 bits per heavy atom. The van der Waals surface area contributed by atoms with Gasteiger partial charge in [-0.05, 0) is 5.56 Å². The van der Waals surface area contributed by atoms with Crippen molar-refractivity contribution in [3.63, 3.8) is 0 Å². The lowest BCUT2D eigenvalue weighted by molar-refractivity contribution is -0.0107. The van der Waals surface area contributed by atoms with Gasteiger partial charge in [0, 0.05) is 12.1 Å². The highest BCUT2D eigenvalue weighted by molar-refractivity contribution is 5.32. The fourth-order valence-corrected chi connectivity index (χ4v) is 1.48. The van der Waals surface area contributed by atoms with E-state index < -0.39 is 5.92 Å². The third kappa shape index (κ3) is 1.10. The molecule has 1 aromatic carbocycles. The molecule has 1 aromatic rings. The molecule has 0 unspecified atom stereocenters. The van der Waals surface area contributed by atoms with Crippen molar-refractivity contribution in [2.45, 2.75) is 12.5 Å². The van der Waals surface area contributed by atoms with E-state index in [-0.39, 0.29) is 12.1 Å². The zero-order valence-corrected chi connectivity index (χ0v) is 6.48. The number of nitrogens with one attached hydrogen (secondary N) is 1. The maximum absolute atomic E-state index is 13.1. The van der Waals surface area contributed by atoms with E-state index in [1.165, 1.54) is 6.07 Å². The highest BCUT2D eigenvalue weighted by atomic mass is 19.3. The molecule has 0 amide bonds. The van der Waals surface area contributed by atoms with E-state index in [0.717, 1.165) is 0 Å². The highest BCUT2D eigenvalue weighted by Gasteiger charge is 2.35. The van der Waals surface area contributed by atoms with Crippen molar-refractivity contribution >= 4 is 0 Å². The minimum Gasteiger partial charge on any atom is -0.307 e. The summed E-state index contributed by atoms with van der Waals surface area (Å²) in [6, 6.07) is 6.66. The van der Waals surface area contributed by atoms with Gasteiger partial charge >= 0.3 is 0 Å². The summed E-state index contributed by atoms with van der Waals surface area (Å²) in [5.74, 6) is -2.70. The lowest BCUT2D eigenvalue weighted by atomic mass is 9.98. The van der Waals surface area contributed by atoms with Gasteiger partial charge in [0.1, 0.15) is 0 Å². The zero-order valence-electron chi connectivity index (χ0n) is 6.48. The molecule has 0 atom stereocenters. The molecule has 0 fully saturated rings. The number of fused-ring (bicyclic) bond motifs is 1. The van der Waals surface area contributed by atoms with Crippen LogP contribution in [-0.4, -0.2) is 6.54 Å². The van der Waals surface area contributed by atoms with Crippen molar-refractivity contribution in [1.29, 1.82) is 0 Å². The van der Waals surface area contributed by atoms with Gasteiger partial charge in [0.2, 0.25) is 0 Å². The SMILES string of the molecule is FC1(F)CNCc2ccccc21. The Morgan fingerprint density at radius 1 is 1.25 bits per heavy atom. The molecule has 2 rings (SSSR count). The summed E-state index contributed by atoms with van der Waals surface area (Å²) in [4.78, 5) is 0. The minimum absolute atomic E-state index is 0.170. The Hall–Kier alpha value is -0.960. The molecule has 12 heavy (non-hydrogen) atoms. The Labute approximate surface area is 69.4 Å². The lowest BCUT2D eigenvalue weighted by Gasteiger charge is -2.25. The third-order valence-electron chi connectivity index (χ3n) is 2.07. The monoisotopic (exact) mass is 169 g/mol. The van der Waals surface area contributed by atoms with Crippen molar-refractivity contribution in [2.24, 2.45) is 0 Å². The molecular weight excluding hydrogens is 160 g/mol. The molecule has 0 spiro atoms. The fraction of sp³-hybridized carbons (Fsp3) is 0.333. The maximum atomic E-state index is 13.1. The molecule has 1 heterocycles. The van der Waals surface area contributed by atoms with E-state index in [4.69, 9.17) is 0 Å². The second-order valence-corrected chi connectivity index (χ2v) is 2.97. The first kappa shape index (κ1) is 7.68. The molecule has 1 N–H and O–H groups in total. The van der Waals surface area contributed by atoms with Crippen molar-refractivity contribution in [1.82, 2.24) is 5.32 Å². The third-order valence-corrected chi connectivity index (χ3v) is 2.07. The second kappa shape index (κ2) is 2.52. The molecule has 0 radical (unpaired) electrons. The minimum atomic E-state index is -2.70. The lowest BCUT2D eigenvalue weighted by Crippen LogP contribution is -2.36. The van der Waals surface area contributed by atoms with Crippen LogP contribution in [0.2, 0.25) is 0 Å². The molecule has 0 bridgehead atoms. The number of hydrogen-bond acceptors (Lipinski definition) is 1. The molecular formula is C9H9F2N. The highest BCUT2D eigenvalue weighted by Crippen LogP contribution is 2.32. The van der Waals surface area contributed by atoms with E-state index in [1.807, 2.05) is 0 Å². The van der Waals surface area contributed by atoms with Gasteiger partial charge in [-0.1, -0.05) is 24.3 Å². The smallest absolute Gasteiger partial charge is 0.285 e. The van der Waals surface area contributed by atoms with Gasteiger partial charge in [-0.15, -0.1) is 0 Å². The standard InChI is InChI=1S/C9H9F2N/c10-9(11)6-12-5-7-3-1-2-4-8(7)9/h1-4,12H,5-6H2. The summed E-state index contributed by atoms with van der Waals surface area (Å²) in [6.07, 6.45) is 0. The summed E-state index contributed by atoms with van der Waals surface area (Å²) < 4.78 is 26.3. The molecule has 0 aromatic heterocycles. The topological polar surface area (TPSA) is 12.0 Å². The Kier molecular flexibility index (Phi) is 1.61. The van der Waals surface area contributed by atoms with Crippen LogP contribution < -0.4 is 5.32 Å². The molecule has 64 valence electrons. The van der Waals surface area contributed by atoms with Gasteiger partial charge < -0.3 is 5.32 Å². The Balaban J connectivity index is 2.52. The summed E-state index contributed by atoms with van der Waals surface area (Å²) >= 11 is 0. The van der Waals surface area contributed by atoms with Gasteiger partial charge in [-0.3, -0.25) is 0 Å². The van der Waals surface area contributed by atoms with E-state index in [9.17, 15) is 8.78 Å². The first-order valence-electron chi connectivity index (χ1n) is 3.87. The average molecular weight is 169 g/mol. The normalized spacial score (nSPS) is 20.2. The quantitative estimate of drug-likeness (QED) is 0.625. The van der Waals surface area contributed by atoms with Crippen molar-refractivity contribution in [3.8, 4) is 0 Å². The average Bonchev–Trinajstić information content (AvgIpc) is 2.04. The molecule has 3 heteroatoms. The van der Waals surface area contributed by atoms with Gasteiger partial charge in [0.25, 0.3) is 5.92 Å². The van der Waals surface area contributed by atoms with Crippen LogP contribution in [0.5, 0.6) is 0 Å². The van der Waals surface area contributed by atoms with Gasteiger partial charge in [0.15, 0.2) is 0 Å². The van der Waals surface area contributed by atoms with E-state index in [1.54, 1.807) is 18.2 Å². The molecule has 0 aliphatic carbocycles. The van der Waals surface area contributed by atoms with Gasteiger partial charge in [-0.2, -0.15) is 8.78 Å². The van der Waals surface area contributed by atoms with Crippen LogP contribution in [0, 0.1) is 0 Å². The Bertz CT molecular complexity index is 296. The Morgan fingerprint density at radius 2 is 2.00 bits per heavy atom. The van der Waals surface area contributed by atoms with Crippen LogP contribution in [0.4, 0.5) is 8.78 Å². The predicted octanol–water partition coefficient (Wildman–Crippen LogP) is 1.88. The van der Waals surface area contributed by atoms with Gasteiger partial charge in [-0.25, -0.2) is 0 Å². The van der Waals surface area contributed by atoms with Crippen LogP contribution in [0.1, 0.15) is 11.1 Å². The van der Waals surface area contributed by atoms with Crippen molar-refractivity contribution < 1.29 is 8.78 Å². The maximum Gasteiger partial charge on any atom is 0.285 e. The van der Waals surface area contributed by atoms with Crippen LogP contribution in [0.25, 0.3) is 0 Å². The van der Waals surface area contributed by atoms with Crippen LogP contribution in [-0.2, 0) is 12.5 Å². The number of rotatable bonds is 0. The van der Waals surface area contributed by atoms with E-state index >= 15 is 0 Å². The fourth-order valence-electron chi connectivity index (χ4n) is 1.48. The number of hydrogen-bond donors (Lipinski definition) is 1. The largest absolute Gasteiger partial charge is 0.307 e. The van der Waals surface area contributed by atoms with Crippen LogP contribution >= 0.6 is 0 Å². The molecule has 0 saturated heterocycles. The molecule has 1 aliphatic rings. The zero-order chi connectivity index (χ0) is 8.60. The van der Waals surface area contributed by atoms with Crippen LogP contribution in [0.3, 0.4) is 0 Å². The van der Waals surface area contributed by atoms with E-state index in [2.05, 4.69) is 5.32 Å². The molecule has 0 saturated carbocycles. The first-order chi connectivity index (χ1) is 5.70. The van der Waals surface area contributed by atoms with Crippen LogP contribution in [0.15, 0.2) is 24.3 Å². The predicted molar refractivity (Wildman–Crippen MR) is 42.0 cm³/mol. The van der Waals surface area contributed by atoms with Gasteiger partial charge in [0.05, 0.1) is 6.54 Å². The summed E-state index contributed by atoms with van der Waals surface area (Å²) in [6.45, 7) is 0.301.